The van der Waals surface area contributed by atoms with E-state index in [0.29, 0.717) is 10.7 Å². The quantitative estimate of drug-likeness (QED) is 0.872. The van der Waals surface area contributed by atoms with Crippen LogP contribution < -0.4 is 5.32 Å². The molecule has 0 saturated carbocycles. The number of benzene rings is 1. The van der Waals surface area contributed by atoms with Crippen LogP contribution in [0.2, 0.25) is 5.02 Å². The highest BCUT2D eigenvalue weighted by molar-refractivity contribution is 6.33. The molecule has 0 aliphatic heterocycles. The second-order valence-corrected chi connectivity index (χ2v) is 3.95. The maximum absolute atomic E-state index is 12.8. The number of anilines is 2. The van der Waals surface area contributed by atoms with Crippen LogP contribution in [-0.2, 0) is 7.05 Å². The monoisotopic (exact) mass is 239 g/mol. The lowest BCUT2D eigenvalue weighted by molar-refractivity contribution is 0.628. The van der Waals surface area contributed by atoms with Crippen molar-refractivity contribution in [2.45, 2.75) is 6.92 Å². The maximum Gasteiger partial charge on any atom is 0.128 e. The van der Waals surface area contributed by atoms with Gasteiger partial charge in [0.1, 0.15) is 11.6 Å². The molecule has 0 unspecified atom stereocenters. The van der Waals surface area contributed by atoms with Gasteiger partial charge in [-0.05, 0) is 25.1 Å². The van der Waals surface area contributed by atoms with E-state index < -0.39 is 0 Å². The molecule has 0 fully saturated rings. The Morgan fingerprint density at radius 1 is 1.38 bits per heavy atom. The van der Waals surface area contributed by atoms with E-state index in [1.807, 2.05) is 20.0 Å². The van der Waals surface area contributed by atoms with Crippen molar-refractivity contribution in [1.82, 2.24) is 9.78 Å². The van der Waals surface area contributed by atoms with Crippen LogP contribution in [0.3, 0.4) is 0 Å². The topological polar surface area (TPSA) is 29.9 Å². The number of hydrogen-bond donors (Lipinski definition) is 1. The molecule has 0 spiro atoms. The van der Waals surface area contributed by atoms with Crippen molar-refractivity contribution in [2.75, 3.05) is 5.32 Å². The van der Waals surface area contributed by atoms with E-state index in [-0.39, 0.29) is 5.82 Å². The average Bonchev–Trinajstić information content (AvgIpc) is 2.50. The first-order chi connectivity index (χ1) is 7.56. The zero-order valence-electron chi connectivity index (χ0n) is 8.96. The molecule has 2 rings (SSSR count). The highest BCUT2D eigenvalue weighted by Gasteiger charge is 2.05. The molecule has 1 aromatic heterocycles. The molecule has 84 valence electrons. The number of rotatable bonds is 2. The Hall–Kier alpha value is -1.55. The van der Waals surface area contributed by atoms with Crippen molar-refractivity contribution in [3.63, 3.8) is 0 Å². The second-order valence-electron chi connectivity index (χ2n) is 3.54. The van der Waals surface area contributed by atoms with Gasteiger partial charge < -0.3 is 5.32 Å². The molecule has 1 aromatic carbocycles. The SMILES string of the molecule is Cc1cc(Nc2ccc(F)cc2Cl)n(C)n1. The van der Waals surface area contributed by atoms with Gasteiger partial charge in [0.15, 0.2) is 0 Å². The number of halogens is 2. The van der Waals surface area contributed by atoms with Crippen molar-refractivity contribution in [2.24, 2.45) is 7.05 Å². The van der Waals surface area contributed by atoms with E-state index in [4.69, 9.17) is 11.6 Å². The van der Waals surface area contributed by atoms with Crippen LogP contribution in [0.5, 0.6) is 0 Å². The first-order valence-corrected chi connectivity index (χ1v) is 5.17. The highest BCUT2D eigenvalue weighted by Crippen LogP contribution is 2.26. The normalized spacial score (nSPS) is 10.5. The fourth-order valence-corrected chi connectivity index (χ4v) is 1.67. The van der Waals surface area contributed by atoms with Crippen LogP contribution in [0, 0.1) is 12.7 Å². The fourth-order valence-electron chi connectivity index (χ4n) is 1.46. The Balaban J connectivity index is 2.30. The van der Waals surface area contributed by atoms with Gasteiger partial charge in [0.25, 0.3) is 0 Å². The Morgan fingerprint density at radius 3 is 2.69 bits per heavy atom. The van der Waals surface area contributed by atoms with Gasteiger partial charge in [0, 0.05) is 13.1 Å². The average molecular weight is 240 g/mol. The molecular formula is C11H11ClFN3. The summed E-state index contributed by atoms with van der Waals surface area (Å²) in [6.45, 7) is 1.90. The molecular weight excluding hydrogens is 229 g/mol. The number of nitrogens with one attached hydrogen (secondary N) is 1. The maximum atomic E-state index is 12.8. The van der Waals surface area contributed by atoms with Crippen LogP contribution >= 0.6 is 11.6 Å². The van der Waals surface area contributed by atoms with Crippen molar-refractivity contribution < 1.29 is 4.39 Å². The molecule has 0 saturated heterocycles. The largest absolute Gasteiger partial charge is 0.339 e. The van der Waals surface area contributed by atoms with Crippen LogP contribution in [0.25, 0.3) is 0 Å². The molecule has 0 amide bonds. The third-order valence-corrected chi connectivity index (χ3v) is 2.51. The van der Waals surface area contributed by atoms with Crippen molar-refractivity contribution in [3.05, 3.63) is 40.8 Å². The minimum atomic E-state index is -0.350. The highest BCUT2D eigenvalue weighted by atomic mass is 35.5. The van der Waals surface area contributed by atoms with Gasteiger partial charge in [0.2, 0.25) is 0 Å². The first kappa shape index (κ1) is 11.0. The number of aromatic nitrogens is 2. The summed E-state index contributed by atoms with van der Waals surface area (Å²) >= 11 is 5.91. The molecule has 2 aromatic rings. The second kappa shape index (κ2) is 4.14. The zero-order chi connectivity index (χ0) is 11.7. The predicted octanol–water partition coefficient (Wildman–Crippen LogP) is 3.26. The molecule has 0 aliphatic carbocycles. The molecule has 0 bridgehead atoms. The van der Waals surface area contributed by atoms with Crippen LogP contribution in [0.4, 0.5) is 15.9 Å². The standard InChI is InChI=1S/C11H11ClFN3/c1-7-5-11(16(2)15-7)14-10-4-3-8(13)6-9(10)12/h3-6,14H,1-2H3. The van der Waals surface area contributed by atoms with Crippen molar-refractivity contribution in [3.8, 4) is 0 Å². The van der Waals surface area contributed by atoms with Gasteiger partial charge in [0.05, 0.1) is 16.4 Å². The summed E-state index contributed by atoms with van der Waals surface area (Å²) in [6, 6.07) is 6.12. The van der Waals surface area contributed by atoms with Gasteiger partial charge >= 0.3 is 0 Å². The number of nitrogens with zero attached hydrogens (tertiary/aromatic N) is 2. The Bertz CT molecular complexity index is 522. The van der Waals surface area contributed by atoms with E-state index in [1.165, 1.54) is 12.1 Å². The minimum Gasteiger partial charge on any atom is -0.339 e. The lowest BCUT2D eigenvalue weighted by Crippen LogP contribution is -1.99. The summed E-state index contributed by atoms with van der Waals surface area (Å²) in [7, 11) is 1.83. The van der Waals surface area contributed by atoms with E-state index in [9.17, 15) is 4.39 Å². The number of aryl methyl sites for hydroxylation is 2. The van der Waals surface area contributed by atoms with Crippen molar-refractivity contribution >= 4 is 23.1 Å². The van der Waals surface area contributed by atoms with Gasteiger partial charge in [-0.15, -0.1) is 0 Å². The lowest BCUT2D eigenvalue weighted by atomic mass is 10.3. The fraction of sp³-hybridized carbons (Fsp3) is 0.182. The summed E-state index contributed by atoms with van der Waals surface area (Å²) in [5, 5.41) is 7.63. The van der Waals surface area contributed by atoms with Gasteiger partial charge in [-0.1, -0.05) is 11.6 Å². The third-order valence-electron chi connectivity index (χ3n) is 2.20. The van der Waals surface area contributed by atoms with E-state index in [0.717, 1.165) is 11.5 Å². The Labute approximate surface area is 97.8 Å². The summed E-state index contributed by atoms with van der Waals surface area (Å²) in [5.41, 5.74) is 1.56. The van der Waals surface area contributed by atoms with E-state index >= 15 is 0 Å². The molecule has 0 atom stereocenters. The summed E-state index contributed by atoms with van der Waals surface area (Å²) < 4.78 is 14.5. The molecule has 1 N–H and O–H groups in total. The summed E-state index contributed by atoms with van der Waals surface area (Å²) in [6.07, 6.45) is 0. The third kappa shape index (κ3) is 2.17. The molecule has 16 heavy (non-hydrogen) atoms. The van der Waals surface area contributed by atoms with Gasteiger partial charge in [-0.2, -0.15) is 5.10 Å². The molecule has 0 aliphatic rings. The van der Waals surface area contributed by atoms with Crippen LogP contribution in [0.15, 0.2) is 24.3 Å². The van der Waals surface area contributed by atoms with E-state index in [2.05, 4.69) is 10.4 Å². The van der Waals surface area contributed by atoms with Gasteiger partial charge in [-0.25, -0.2) is 4.39 Å². The molecule has 0 radical (unpaired) electrons. The predicted molar refractivity (Wildman–Crippen MR) is 62.6 cm³/mol. The van der Waals surface area contributed by atoms with Gasteiger partial charge in [-0.3, -0.25) is 4.68 Å². The Morgan fingerprint density at radius 2 is 2.12 bits per heavy atom. The molecule has 1 heterocycles. The summed E-state index contributed by atoms with van der Waals surface area (Å²) in [5.74, 6) is 0.461. The first-order valence-electron chi connectivity index (χ1n) is 4.79. The lowest BCUT2D eigenvalue weighted by Gasteiger charge is -2.07. The van der Waals surface area contributed by atoms with Crippen molar-refractivity contribution in [1.29, 1.82) is 0 Å². The Kier molecular flexibility index (Phi) is 2.83. The van der Waals surface area contributed by atoms with E-state index in [1.54, 1.807) is 10.7 Å². The smallest absolute Gasteiger partial charge is 0.128 e. The molecule has 3 nitrogen and oxygen atoms in total. The molecule has 5 heteroatoms. The number of hydrogen-bond acceptors (Lipinski definition) is 2. The van der Waals surface area contributed by atoms with Crippen LogP contribution in [-0.4, -0.2) is 9.78 Å². The summed E-state index contributed by atoms with van der Waals surface area (Å²) in [4.78, 5) is 0. The van der Waals surface area contributed by atoms with Crippen LogP contribution in [0.1, 0.15) is 5.69 Å². The zero-order valence-corrected chi connectivity index (χ0v) is 9.72. The minimum absolute atomic E-state index is 0.346.